The Morgan fingerprint density at radius 1 is 1.12 bits per heavy atom. The zero-order chi connectivity index (χ0) is 18.2. The summed E-state index contributed by atoms with van der Waals surface area (Å²) in [5.74, 6) is 0.907. The Bertz CT molecular complexity index is 700. The lowest BCUT2D eigenvalue weighted by Gasteiger charge is -2.36. The highest BCUT2D eigenvalue weighted by Crippen LogP contribution is 2.28. The minimum absolute atomic E-state index is 0.0447. The van der Waals surface area contributed by atoms with Crippen LogP contribution in [0, 0.1) is 0 Å². The lowest BCUT2D eigenvalue weighted by molar-refractivity contribution is 0.0947. The Morgan fingerprint density at radius 2 is 1.85 bits per heavy atom. The summed E-state index contributed by atoms with van der Waals surface area (Å²) in [4.78, 5) is 20.7. The molecule has 6 heteroatoms. The predicted molar refractivity (Wildman–Crippen MR) is 103 cm³/mol. The number of rotatable bonds is 7. The summed E-state index contributed by atoms with van der Waals surface area (Å²) < 4.78 is 5.74. The van der Waals surface area contributed by atoms with Crippen LogP contribution >= 0.6 is 0 Å². The summed E-state index contributed by atoms with van der Waals surface area (Å²) >= 11 is 0. The number of amides is 1. The fourth-order valence-corrected chi connectivity index (χ4v) is 3.14. The van der Waals surface area contributed by atoms with Gasteiger partial charge in [0, 0.05) is 57.2 Å². The van der Waals surface area contributed by atoms with Crippen LogP contribution in [0.25, 0.3) is 0 Å². The topological polar surface area (TPSA) is 57.7 Å². The molecule has 1 N–H and O–H groups in total. The fraction of sp³-hybridized carbons (Fsp3) is 0.400. The van der Waals surface area contributed by atoms with E-state index in [0.29, 0.717) is 18.7 Å². The SMILES string of the molecule is CCOc1ccccc1N1CCN(CCNC(=O)c2ccncc2)CC1. The second-order valence-corrected chi connectivity index (χ2v) is 6.22. The highest BCUT2D eigenvalue weighted by Gasteiger charge is 2.19. The van der Waals surface area contributed by atoms with Crippen LogP contribution in [0.1, 0.15) is 17.3 Å². The van der Waals surface area contributed by atoms with Gasteiger partial charge in [0.15, 0.2) is 0 Å². The third-order valence-electron chi connectivity index (χ3n) is 4.53. The Balaban J connectivity index is 1.44. The molecule has 0 saturated carbocycles. The van der Waals surface area contributed by atoms with Crippen LogP contribution in [-0.2, 0) is 0 Å². The van der Waals surface area contributed by atoms with Gasteiger partial charge in [-0.2, -0.15) is 0 Å². The van der Waals surface area contributed by atoms with E-state index in [1.54, 1.807) is 24.5 Å². The number of aromatic nitrogens is 1. The number of carbonyl (C=O) groups is 1. The third-order valence-corrected chi connectivity index (χ3v) is 4.53. The van der Waals surface area contributed by atoms with Gasteiger partial charge in [0.2, 0.25) is 0 Å². The van der Waals surface area contributed by atoms with Gasteiger partial charge in [-0.15, -0.1) is 0 Å². The molecule has 3 rings (SSSR count). The number of benzene rings is 1. The molecule has 0 atom stereocenters. The normalized spacial score (nSPS) is 14.9. The number of nitrogens with zero attached hydrogens (tertiary/aromatic N) is 3. The van der Waals surface area contributed by atoms with Crippen LogP contribution in [0.5, 0.6) is 5.75 Å². The molecule has 1 aliphatic heterocycles. The lowest BCUT2D eigenvalue weighted by Crippen LogP contribution is -2.48. The van der Waals surface area contributed by atoms with Gasteiger partial charge in [-0.25, -0.2) is 0 Å². The molecule has 26 heavy (non-hydrogen) atoms. The monoisotopic (exact) mass is 354 g/mol. The summed E-state index contributed by atoms with van der Waals surface area (Å²) in [6, 6.07) is 11.7. The molecule has 0 radical (unpaired) electrons. The minimum Gasteiger partial charge on any atom is -0.492 e. The van der Waals surface area contributed by atoms with Crippen molar-refractivity contribution in [1.82, 2.24) is 15.2 Å². The second-order valence-electron chi connectivity index (χ2n) is 6.22. The van der Waals surface area contributed by atoms with Gasteiger partial charge in [0.05, 0.1) is 12.3 Å². The van der Waals surface area contributed by atoms with E-state index < -0.39 is 0 Å². The number of hydrogen-bond donors (Lipinski definition) is 1. The lowest BCUT2D eigenvalue weighted by atomic mass is 10.2. The number of nitrogens with one attached hydrogen (secondary N) is 1. The number of anilines is 1. The number of carbonyl (C=O) groups excluding carboxylic acids is 1. The Labute approximate surface area is 154 Å². The van der Waals surface area contributed by atoms with Gasteiger partial charge in [0.1, 0.15) is 5.75 Å². The molecule has 0 aliphatic carbocycles. The molecular weight excluding hydrogens is 328 g/mol. The fourth-order valence-electron chi connectivity index (χ4n) is 3.14. The summed E-state index contributed by atoms with van der Waals surface area (Å²) in [5.41, 5.74) is 1.82. The van der Waals surface area contributed by atoms with Gasteiger partial charge in [-0.3, -0.25) is 14.7 Å². The van der Waals surface area contributed by atoms with E-state index in [9.17, 15) is 4.79 Å². The molecule has 1 amide bonds. The van der Waals surface area contributed by atoms with Gasteiger partial charge in [-0.05, 0) is 31.2 Å². The Morgan fingerprint density at radius 3 is 2.58 bits per heavy atom. The maximum atomic E-state index is 12.0. The van der Waals surface area contributed by atoms with Crippen LogP contribution in [0.4, 0.5) is 5.69 Å². The molecule has 0 bridgehead atoms. The van der Waals surface area contributed by atoms with Crippen molar-refractivity contribution in [3.05, 3.63) is 54.4 Å². The predicted octanol–water partition coefficient (Wildman–Crippen LogP) is 2.03. The number of piperazine rings is 1. The van der Waals surface area contributed by atoms with Crippen molar-refractivity contribution in [3.63, 3.8) is 0 Å². The zero-order valence-electron chi connectivity index (χ0n) is 15.2. The molecule has 6 nitrogen and oxygen atoms in total. The van der Waals surface area contributed by atoms with E-state index in [4.69, 9.17) is 4.74 Å². The summed E-state index contributed by atoms with van der Waals surface area (Å²) in [6.07, 6.45) is 3.27. The molecule has 2 heterocycles. The van der Waals surface area contributed by atoms with Crippen LogP contribution in [0.2, 0.25) is 0 Å². The van der Waals surface area contributed by atoms with Crippen molar-refractivity contribution in [2.45, 2.75) is 6.92 Å². The van der Waals surface area contributed by atoms with Crippen LogP contribution in [0.3, 0.4) is 0 Å². The highest BCUT2D eigenvalue weighted by atomic mass is 16.5. The van der Waals surface area contributed by atoms with Crippen molar-refractivity contribution in [3.8, 4) is 5.75 Å². The van der Waals surface area contributed by atoms with Gasteiger partial charge >= 0.3 is 0 Å². The quantitative estimate of drug-likeness (QED) is 0.825. The smallest absolute Gasteiger partial charge is 0.251 e. The molecular formula is C20H26N4O2. The molecule has 1 saturated heterocycles. The van der Waals surface area contributed by atoms with Crippen molar-refractivity contribution in [2.24, 2.45) is 0 Å². The molecule has 138 valence electrons. The van der Waals surface area contributed by atoms with E-state index in [-0.39, 0.29) is 5.91 Å². The standard InChI is InChI=1S/C20H26N4O2/c1-2-26-19-6-4-3-5-18(19)24-15-13-23(14-16-24)12-11-22-20(25)17-7-9-21-10-8-17/h3-10H,2,11-16H2,1H3,(H,22,25). The summed E-state index contributed by atoms with van der Waals surface area (Å²) in [7, 11) is 0. The van der Waals surface area contributed by atoms with E-state index in [1.807, 2.05) is 19.1 Å². The van der Waals surface area contributed by atoms with Gasteiger partial charge in [0.25, 0.3) is 5.91 Å². The number of para-hydroxylation sites is 2. The average molecular weight is 354 g/mol. The second kappa shape index (κ2) is 9.20. The maximum absolute atomic E-state index is 12.0. The number of ether oxygens (including phenoxy) is 1. The van der Waals surface area contributed by atoms with Crippen LogP contribution < -0.4 is 15.0 Å². The van der Waals surface area contributed by atoms with Crippen molar-refractivity contribution < 1.29 is 9.53 Å². The molecule has 0 unspecified atom stereocenters. The van der Waals surface area contributed by atoms with E-state index in [0.717, 1.165) is 38.5 Å². The van der Waals surface area contributed by atoms with E-state index in [1.165, 1.54) is 5.69 Å². The average Bonchev–Trinajstić information content (AvgIpc) is 2.70. The first-order valence-electron chi connectivity index (χ1n) is 9.15. The Kier molecular flexibility index (Phi) is 6.44. The molecule has 2 aromatic rings. The van der Waals surface area contributed by atoms with E-state index in [2.05, 4.69) is 32.2 Å². The molecule has 1 aromatic carbocycles. The van der Waals surface area contributed by atoms with Crippen LogP contribution in [0.15, 0.2) is 48.8 Å². The first-order chi connectivity index (χ1) is 12.8. The Hall–Kier alpha value is -2.60. The van der Waals surface area contributed by atoms with Gasteiger partial charge in [-0.1, -0.05) is 12.1 Å². The first kappa shape index (κ1) is 18.2. The van der Waals surface area contributed by atoms with Crippen molar-refractivity contribution in [1.29, 1.82) is 0 Å². The van der Waals surface area contributed by atoms with Crippen molar-refractivity contribution in [2.75, 3.05) is 50.8 Å². The largest absolute Gasteiger partial charge is 0.492 e. The minimum atomic E-state index is -0.0447. The summed E-state index contributed by atoms with van der Waals surface area (Å²) in [6.45, 7) is 8.07. The van der Waals surface area contributed by atoms with Gasteiger partial charge < -0.3 is 15.0 Å². The maximum Gasteiger partial charge on any atom is 0.251 e. The first-order valence-corrected chi connectivity index (χ1v) is 9.15. The van der Waals surface area contributed by atoms with E-state index >= 15 is 0 Å². The molecule has 1 aromatic heterocycles. The third kappa shape index (κ3) is 4.73. The van der Waals surface area contributed by atoms with Crippen molar-refractivity contribution >= 4 is 11.6 Å². The van der Waals surface area contributed by atoms with Crippen LogP contribution in [-0.4, -0.2) is 61.7 Å². The molecule has 1 fully saturated rings. The highest BCUT2D eigenvalue weighted by molar-refractivity contribution is 5.93. The number of pyridine rings is 1. The zero-order valence-corrected chi connectivity index (χ0v) is 15.2. The number of hydrogen-bond acceptors (Lipinski definition) is 5. The summed E-state index contributed by atoms with van der Waals surface area (Å²) in [5, 5.41) is 2.97. The molecule has 1 aliphatic rings. The molecule has 0 spiro atoms.